The van der Waals surface area contributed by atoms with Gasteiger partial charge in [0.25, 0.3) is 5.91 Å². The average Bonchev–Trinajstić information content (AvgIpc) is 3.07. The van der Waals surface area contributed by atoms with Crippen molar-refractivity contribution in [2.45, 2.75) is 33.2 Å². The Balaban J connectivity index is 1.72. The minimum atomic E-state index is -0.174. The van der Waals surface area contributed by atoms with Gasteiger partial charge in [-0.3, -0.25) is 9.59 Å². The summed E-state index contributed by atoms with van der Waals surface area (Å²) in [5.74, 6) is -0.250. The lowest BCUT2D eigenvalue weighted by molar-refractivity contribution is -0.130. The number of aromatic nitrogens is 2. The van der Waals surface area contributed by atoms with Crippen molar-refractivity contribution in [2.75, 3.05) is 14.1 Å². The first-order valence-electron chi connectivity index (χ1n) is 9.97. The van der Waals surface area contributed by atoms with Gasteiger partial charge in [0, 0.05) is 38.7 Å². The van der Waals surface area contributed by atoms with E-state index in [9.17, 15) is 9.59 Å². The van der Waals surface area contributed by atoms with Gasteiger partial charge in [-0.25, -0.2) is 9.99 Å². The number of carbonyl (C=O) groups is 2. The van der Waals surface area contributed by atoms with Gasteiger partial charge in [-0.05, 0) is 25.5 Å². The van der Waals surface area contributed by atoms with Gasteiger partial charge < -0.3 is 9.30 Å². The van der Waals surface area contributed by atoms with Crippen molar-refractivity contribution < 1.29 is 9.59 Å². The van der Waals surface area contributed by atoms with Crippen molar-refractivity contribution >= 4 is 23.2 Å². The highest BCUT2D eigenvalue weighted by atomic mass is 16.2. The minimum Gasteiger partial charge on any atom is -0.335 e. The molecule has 3 heterocycles. The summed E-state index contributed by atoms with van der Waals surface area (Å²) in [5.41, 5.74) is 6.35. The van der Waals surface area contributed by atoms with Crippen LogP contribution in [0.3, 0.4) is 0 Å². The highest BCUT2D eigenvalue weighted by Crippen LogP contribution is 2.26. The van der Waals surface area contributed by atoms with E-state index in [4.69, 9.17) is 4.98 Å². The van der Waals surface area contributed by atoms with Crippen LogP contribution in [0.25, 0.3) is 16.9 Å². The van der Waals surface area contributed by atoms with E-state index in [1.807, 2.05) is 29.7 Å². The number of amides is 2. The van der Waals surface area contributed by atoms with Gasteiger partial charge in [0.05, 0.1) is 17.9 Å². The molecule has 3 aromatic rings. The standard InChI is InChI=1S/C23H25N5O2/c1-15-5-8-17(9-6-15)22-19(28-13-16(2)7-11-20(28)24-22)14-26(3)23(30)18-10-12-21(29)27(4)25-18/h5-9,11,13H,10,12,14H2,1-4H3. The SMILES string of the molecule is Cc1ccc(-c2nc3ccc(C)cn3c2CN(C)C(=O)C2=NN(C)C(=O)CC2)cc1. The van der Waals surface area contributed by atoms with Gasteiger partial charge in [-0.1, -0.05) is 35.9 Å². The number of hydrogen-bond acceptors (Lipinski definition) is 4. The molecule has 2 amide bonds. The molecule has 154 valence electrons. The van der Waals surface area contributed by atoms with Crippen molar-refractivity contribution in [2.24, 2.45) is 5.10 Å². The summed E-state index contributed by atoms with van der Waals surface area (Å²) in [6.07, 6.45) is 2.71. The molecule has 0 bridgehead atoms. The molecule has 0 saturated carbocycles. The first-order valence-corrected chi connectivity index (χ1v) is 9.97. The van der Waals surface area contributed by atoms with Gasteiger partial charge in [0.1, 0.15) is 11.4 Å². The van der Waals surface area contributed by atoms with Gasteiger partial charge in [-0.15, -0.1) is 0 Å². The van der Waals surface area contributed by atoms with Gasteiger partial charge in [-0.2, -0.15) is 5.10 Å². The van der Waals surface area contributed by atoms with Crippen LogP contribution in [0.4, 0.5) is 0 Å². The summed E-state index contributed by atoms with van der Waals surface area (Å²) in [6.45, 7) is 4.47. The van der Waals surface area contributed by atoms with E-state index in [1.165, 1.54) is 10.6 Å². The van der Waals surface area contributed by atoms with E-state index in [0.29, 0.717) is 25.1 Å². The van der Waals surface area contributed by atoms with Crippen LogP contribution in [0.15, 0.2) is 47.7 Å². The Labute approximate surface area is 175 Å². The molecule has 0 N–H and O–H groups in total. The Morgan fingerprint density at radius 1 is 1.07 bits per heavy atom. The van der Waals surface area contributed by atoms with Crippen LogP contribution in [0, 0.1) is 13.8 Å². The molecule has 0 aliphatic carbocycles. The van der Waals surface area contributed by atoms with E-state index in [-0.39, 0.29) is 11.8 Å². The number of benzene rings is 1. The number of hydrogen-bond donors (Lipinski definition) is 0. The normalized spacial score (nSPS) is 14.2. The zero-order valence-electron chi connectivity index (χ0n) is 17.7. The molecule has 0 fully saturated rings. The first kappa shape index (κ1) is 19.8. The maximum absolute atomic E-state index is 13.0. The van der Waals surface area contributed by atoms with E-state index >= 15 is 0 Å². The van der Waals surface area contributed by atoms with Crippen LogP contribution < -0.4 is 0 Å². The van der Waals surface area contributed by atoms with Crippen LogP contribution in [-0.2, 0) is 16.1 Å². The number of aryl methyl sites for hydroxylation is 2. The molecule has 1 aliphatic heterocycles. The third kappa shape index (κ3) is 3.70. The Morgan fingerprint density at radius 3 is 2.47 bits per heavy atom. The topological polar surface area (TPSA) is 70.3 Å². The summed E-state index contributed by atoms with van der Waals surface area (Å²) in [7, 11) is 3.34. The zero-order chi connectivity index (χ0) is 21.4. The third-order valence-electron chi connectivity index (χ3n) is 5.38. The van der Waals surface area contributed by atoms with Crippen molar-refractivity contribution in [1.29, 1.82) is 0 Å². The number of imidazole rings is 1. The number of nitrogens with zero attached hydrogens (tertiary/aromatic N) is 5. The van der Waals surface area contributed by atoms with Crippen molar-refractivity contribution in [3.05, 3.63) is 59.4 Å². The Morgan fingerprint density at radius 2 is 1.77 bits per heavy atom. The van der Waals surface area contributed by atoms with Gasteiger partial charge in [0.15, 0.2) is 0 Å². The smallest absolute Gasteiger partial charge is 0.270 e. The van der Waals surface area contributed by atoms with Gasteiger partial charge >= 0.3 is 0 Å². The molecule has 0 radical (unpaired) electrons. The van der Waals surface area contributed by atoms with Gasteiger partial charge in [0.2, 0.25) is 5.91 Å². The summed E-state index contributed by atoms with van der Waals surface area (Å²) in [6, 6.07) is 12.3. The molecule has 2 aromatic heterocycles. The summed E-state index contributed by atoms with van der Waals surface area (Å²) in [5, 5.41) is 5.42. The molecular weight excluding hydrogens is 378 g/mol. The predicted molar refractivity (Wildman–Crippen MR) is 116 cm³/mol. The molecule has 30 heavy (non-hydrogen) atoms. The van der Waals surface area contributed by atoms with Crippen LogP contribution in [0.1, 0.15) is 29.7 Å². The fourth-order valence-electron chi connectivity index (χ4n) is 3.63. The number of hydrazone groups is 1. The molecule has 0 atom stereocenters. The number of pyridine rings is 1. The predicted octanol–water partition coefficient (Wildman–Crippen LogP) is 3.18. The lowest BCUT2D eigenvalue weighted by Gasteiger charge is -2.23. The van der Waals surface area contributed by atoms with E-state index < -0.39 is 0 Å². The van der Waals surface area contributed by atoms with Crippen LogP contribution in [0.5, 0.6) is 0 Å². The fraction of sp³-hybridized carbons (Fsp3) is 0.304. The quantitative estimate of drug-likeness (QED) is 0.672. The molecule has 1 aromatic carbocycles. The molecular formula is C23H25N5O2. The molecule has 0 saturated heterocycles. The highest BCUT2D eigenvalue weighted by molar-refractivity contribution is 6.39. The summed E-state index contributed by atoms with van der Waals surface area (Å²) >= 11 is 0. The van der Waals surface area contributed by atoms with E-state index in [2.05, 4.69) is 36.3 Å². The largest absolute Gasteiger partial charge is 0.335 e. The van der Waals surface area contributed by atoms with E-state index in [0.717, 1.165) is 28.2 Å². The third-order valence-corrected chi connectivity index (χ3v) is 5.38. The molecule has 7 heteroatoms. The maximum Gasteiger partial charge on any atom is 0.270 e. The minimum absolute atomic E-state index is 0.0758. The van der Waals surface area contributed by atoms with Crippen molar-refractivity contribution in [1.82, 2.24) is 19.3 Å². The Bertz CT molecular complexity index is 1160. The lowest BCUT2D eigenvalue weighted by Crippen LogP contribution is -2.38. The second-order valence-corrected chi connectivity index (χ2v) is 7.83. The monoisotopic (exact) mass is 403 g/mol. The van der Waals surface area contributed by atoms with E-state index in [1.54, 1.807) is 19.0 Å². The second kappa shape index (κ2) is 7.74. The number of fused-ring (bicyclic) bond motifs is 1. The average molecular weight is 403 g/mol. The summed E-state index contributed by atoms with van der Waals surface area (Å²) in [4.78, 5) is 31.2. The molecule has 0 spiro atoms. The highest BCUT2D eigenvalue weighted by Gasteiger charge is 2.26. The zero-order valence-corrected chi connectivity index (χ0v) is 17.7. The van der Waals surface area contributed by atoms with Crippen molar-refractivity contribution in [3.8, 4) is 11.3 Å². The second-order valence-electron chi connectivity index (χ2n) is 7.83. The Hall–Kier alpha value is -3.48. The molecule has 4 rings (SSSR count). The van der Waals surface area contributed by atoms with Crippen LogP contribution >= 0.6 is 0 Å². The number of rotatable bonds is 4. The number of carbonyl (C=O) groups excluding carboxylic acids is 2. The first-order chi connectivity index (χ1) is 14.3. The molecule has 0 unspecified atom stereocenters. The Kier molecular flexibility index (Phi) is 5.11. The van der Waals surface area contributed by atoms with Crippen molar-refractivity contribution in [3.63, 3.8) is 0 Å². The van der Waals surface area contributed by atoms with Crippen LogP contribution in [-0.4, -0.2) is 50.9 Å². The summed E-state index contributed by atoms with van der Waals surface area (Å²) < 4.78 is 2.05. The maximum atomic E-state index is 13.0. The lowest BCUT2D eigenvalue weighted by atomic mass is 10.1. The molecule has 1 aliphatic rings. The van der Waals surface area contributed by atoms with Crippen LogP contribution in [0.2, 0.25) is 0 Å². The molecule has 7 nitrogen and oxygen atoms in total. The fourth-order valence-corrected chi connectivity index (χ4v) is 3.63.